The van der Waals surface area contributed by atoms with Crippen molar-refractivity contribution in [2.75, 3.05) is 5.73 Å². The van der Waals surface area contributed by atoms with E-state index >= 15 is 0 Å². The lowest BCUT2D eigenvalue weighted by molar-refractivity contribution is 0.695. The van der Waals surface area contributed by atoms with Gasteiger partial charge in [0.25, 0.3) is 0 Å². The molecule has 0 aliphatic rings. The highest BCUT2D eigenvalue weighted by atomic mass is 14.6. The summed E-state index contributed by atoms with van der Waals surface area (Å²) < 4.78 is 0. The van der Waals surface area contributed by atoms with Crippen molar-refractivity contribution in [3.8, 4) is 0 Å². The molecule has 0 unspecified atom stereocenters. The summed E-state index contributed by atoms with van der Waals surface area (Å²) in [5, 5.41) is 2.52. The SMILES string of the molecule is CCCCCc1cc2ccccc2c(N)c1CCCCC. The molecule has 2 aromatic rings. The Hall–Kier alpha value is -1.50. The van der Waals surface area contributed by atoms with Gasteiger partial charge in [0.2, 0.25) is 0 Å². The van der Waals surface area contributed by atoms with Crippen LogP contribution < -0.4 is 5.73 Å². The quantitative estimate of drug-likeness (QED) is 0.474. The molecule has 0 saturated carbocycles. The van der Waals surface area contributed by atoms with E-state index < -0.39 is 0 Å². The van der Waals surface area contributed by atoms with E-state index in [4.69, 9.17) is 5.73 Å². The van der Waals surface area contributed by atoms with Crippen LogP contribution >= 0.6 is 0 Å². The van der Waals surface area contributed by atoms with Crippen molar-refractivity contribution >= 4 is 16.5 Å². The maximum atomic E-state index is 6.51. The lowest BCUT2D eigenvalue weighted by atomic mass is 9.92. The van der Waals surface area contributed by atoms with Gasteiger partial charge < -0.3 is 5.73 Å². The van der Waals surface area contributed by atoms with Crippen LogP contribution in [0, 0.1) is 0 Å². The third kappa shape index (κ3) is 4.00. The molecule has 2 rings (SSSR count). The van der Waals surface area contributed by atoms with Crippen LogP contribution in [0.25, 0.3) is 10.8 Å². The molecule has 0 aromatic heterocycles. The number of rotatable bonds is 8. The maximum Gasteiger partial charge on any atom is 0.0429 e. The number of benzene rings is 2. The van der Waals surface area contributed by atoms with Crippen LogP contribution in [-0.4, -0.2) is 0 Å². The molecule has 21 heavy (non-hydrogen) atoms. The van der Waals surface area contributed by atoms with Crippen LogP contribution in [0.1, 0.15) is 63.5 Å². The largest absolute Gasteiger partial charge is 0.398 e. The number of nitrogens with two attached hydrogens (primary N) is 1. The van der Waals surface area contributed by atoms with E-state index in [1.54, 1.807) is 0 Å². The first-order chi connectivity index (χ1) is 10.3. The molecule has 0 saturated heterocycles. The molecule has 1 nitrogen and oxygen atoms in total. The van der Waals surface area contributed by atoms with Crippen molar-refractivity contribution in [3.05, 3.63) is 41.5 Å². The predicted molar refractivity (Wildman–Crippen MR) is 94.8 cm³/mol. The van der Waals surface area contributed by atoms with E-state index in [2.05, 4.69) is 44.2 Å². The van der Waals surface area contributed by atoms with E-state index in [1.165, 1.54) is 66.8 Å². The molecule has 0 bridgehead atoms. The first-order valence-electron chi connectivity index (χ1n) is 8.56. The number of anilines is 1. The Balaban J connectivity index is 2.33. The van der Waals surface area contributed by atoms with Gasteiger partial charge in [-0.05, 0) is 42.2 Å². The highest BCUT2D eigenvalue weighted by Crippen LogP contribution is 2.30. The first-order valence-corrected chi connectivity index (χ1v) is 8.56. The highest BCUT2D eigenvalue weighted by Gasteiger charge is 2.10. The Bertz CT molecular complexity index is 571. The molecule has 0 aliphatic carbocycles. The molecule has 0 aliphatic heterocycles. The van der Waals surface area contributed by atoms with E-state index in [-0.39, 0.29) is 0 Å². The second-order valence-electron chi connectivity index (χ2n) is 6.06. The molecular formula is C20H29N. The molecule has 0 fully saturated rings. The van der Waals surface area contributed by atoms with Gasteiger partial charge in [-0.1, -0.05) is 69.9 Å². The zero-order valence-corrected chi connectivity index (χ0v) is 13.6. The van der Waals surface area contributed by atoms with Gasteiger partial charge in [-0.3, -0.25) is 0 Å². The number of fused-ring (bicyclic) bond motifs is 1. The van der Waals surface area contributed by atoms with E-state index in [0.29, 0.717) is 0 Å². The number of nitrogen functional groups attached to an aromatic ring is 1. The number of hydrogen-bond donors (Lipinski definition) is 1. The number of unbranched alkanes of at least 4 members (excludes halogenated alkanes) is 4. The fourth-order valence-electron chi connectivity index (χ4n) is 3.11. The van der Waals surface area contributed by atoms with Gasteiger partial charge in [0.05, 0.1) is 0 Å². The standard InChI is InChI=1S/C20H29N/c1-3-5-7-11-16-15-17-12-9-10-14-19(17)20(21)18(16)13-8-6-4-2/h9-10,12,14-15H,3-8,11,13,21H2,1-2H3. The Labute approximate surface area is 129 Å². The third-order valence-electron chi connectivity index (χ3n) is 4.37. The van der Waals surface area contributed by atoms with Crippen molar-refractivity contribution in [3.63, 3.8) is 0 Å². The normalized spacial score (nSPS) is 11.1. The van der Waals surface area contributed by atoms with E-state index in [1.807, 2.05) is 0 Å². The van der Waals surface area contributed by atoms with Crippen LogP contribution in [0.3, 0.4) is 0 Å². The predicted octanol–water partition coefficient (Wildman–Crippen LogP) is 5.89. The summed E-state index contributed by atoms with van der Waals surface area (Å²) in [7, 11) is 0. The lowest BCUT2D eigenvalue weighted by Gasteiger charge is -2.15. The molecular weight excluding hydrogens is 254 g/mol. The second kappa shape index (κ2) is 8.07. The smallest absolute Gasteiger partial charge is 0.0429 e. The fraction of sp³-hybridized carbons (Fsp3) is 0.500. The summed E-state index contributed by atoms with van der Waals surface area (Å²) in [5.74, 6) is 0. The zero-order chi connectivity index (χ0) is 15.1. The monoisotopic (exact) mass is 283 g/mol. The Morgan fingerprint density at radius 2 is 1.52 bits per heavy atom. The summed E-state index contributed by atoms with van der Waals surface area (Å²) in [6.07, 6.45) is 9.96. The summed E-state index contributed by atoms with van der Waals surface area (Å²) in [6, 6.07) is 10.9. The van der Waals surface area contributed by atoms with Crippen molar-refractivity contribution in [1.82, 2.24) is 0 Å². The van der Waals surface area contributed by atoms with Crippen LogP contribution in [0.15, 0.2) is 30.3 Å². The molecule has 0 amide bonds. The van der Waals surface area contributed by atoms with Crippen molar-refractivity contribution in [2.45, 2.75) is 65.2 Å². The van der Waals surface area contributed by atoms with Crippen LogP contribution in [0.2, 0.25) is 0 Å². The summed E-state index contributed by atoms with van der Waals surface area (Å²) >= 11 is 0. The van der Waals surface area contributed by atoms with Gasteiger partial charge in [0.1, 0.15) is 0 Å². The summed E-state index contributed by atoms with van der Waals surface area (Å²) in [5.41, 5.74) is 10.4. The second-order valence-corrected chi connectivity index (χ2v) is 6.06. The van der Waals surface area contributed by atoms with Crippen molar-refractivity contribution in [1.29, 1.82) is 0 Å². The minimum absolute atomic E-state index is 1.02. The minimum atomic E-state index is 1.02. The van der Waals surface area contributed by atoms with Gasteiger partial charge in [-0.15, -0.1) is 0 Å². The Kier molecular flexibility index (Phi) is 6.10. The molecule has 0 radical (unpaired) electrons. The average Bonchev–Trinajstić information content (AvgIpc) is 2.50. The van der Waals surface area contributed by atoms with Crippen molar-refractivity contribution in [2.24, 2.45) is 0 Å². The lowest BCUT2D eigenvalue weighted by Crippen LogP contribution is -2.02. The van der Waals surface area contributed by atoms with Crippen LogP contribution in [0.5, 0.6) is 0 Å². The molecule has 1 heteroatoms. The molecule has 0 heterocycles. The average molecular weight is 283 g/mol. The Morgan fingerprint density at radius 1 is 0.857 bits per heavy atom. The third-order valence-corrected chi connectivity index (χ3v) is 4.37. The minimum Gasteiger partial charge on any atom is -0.398 e. The van der Waals surface area contributed by atoms with E-state index in [0.717, 1.165) is 12.1 Å². The maximum absolute atomic E-state index is 6.51. The van der Waals surface area contributed by atoms with Gasteiger partial charge in [-0.25, -0.2) is 0 Å². The van der Waals surface area contributed by atoms with Gasteiger partial charge in [0, 0.05) is 11.1 Å². The fourth-order valence-corrected chi connectivity index (χ4v) is 3.11. The first kappa shape index (κ1) is 15.9. The number of hydrogen-bond acceptors (Lipinski definition) is 1. The van der Waals surface area contributed by atoms with Crippen LogP contribution in [-0.2, 0) is 12.8 Å². The van der Waals surface area contributed by atoms with Gasteiger partial charge >= 0.3 is 0 Å². The molecule has 2 aromatic carbocycles. The topological polar surface area (TPSA) is 26.0 Å². The molecule has 2 N–H and O–H groups in total. The molecule has 0 atom stereocenters. The Morgan fingerprint density at radius 3 is 2.24 bits per heavy atom. The van der Waals surface area contributed by atoms with Gasteiger partial charge in [-0.2, -0.15) is 0 Å². The van der Waals surface area contributed by atoms with Crippen LogP contribution in [0.4, 0.5) is 5.69 Å². The highest BCUT2D eigenvalue weighted by molar-refractivity contribution is 5.95. The van der Waals surface area contributed by atoms with E-state index in [9.17, 15) is 0 Å². The van der Waals surface area contributed by atoms with Crippen molar-refractivity contribution < 1.29 is 0 Å². The zero-order valence-electron chi connectivity index (χ0n) is 13.6. The number of aryl methyl sites for hydroxylation is 1. The summed E-state index contributed by atoms with van der Waals surface area (Å²) in [4.78, 5) is 0. The van der Waals surface area contributed by atoms with Gasteiger partial charge in [0.15, 0.2) is 0 Å². The molecule has 114 valence electrons. The summed E-state index contributed by atoms with van der Waals surface area (Å²) in [6.45, 7) is 4.52. The molecule has 0 spiro atoms.